The van der Waals surface area contributed by atoms with E-state index in [1.165, 1.54) is 0 Å². The third kappa shape index (κ3) is 5.81. The van der Waals surface area contributed by atoms with Crippen molar-refractivity contribution < 1.29 is 4.79 Å². The lowest BCUT2D eigenvalue weighted by molar-refractivity contribution is -0.122. The number of ketones is 1. The van der Waals surface area contributed by atoms with Gasteiger partial charge in [-0.25, -0.2) is 0 Å². The van der Waals surface area contributed by atoms with E-state index in [9.17, 15) is 4.79 Å². The Kier molecular flexibility index (Phi) is 6.87. The summed E-state index contributed by atoms with van der Waals surface area (Å²) in [4.78, 5) is 11.5. The number of carbonyl (C=O) groups is 1. The molecule has 0 aliphatic rings. The average molecular weight is 185 g/mol. The molecule has 1 unspecified atom stereocenters. The molecule has 0 saturated heterocycles. The highest BCUT2D eigenvalue weighted by Crippen LogP contribution is 2.11. The summed E-state index contributed by atoms with van der Waals surface area (Å²) in [7, 11) is 0. The molecule has 2 nitrogen and oxygen atoms in total. The van der Waals surface area contributed by atoms with Gasteiger partial charge in [-0.2, -0.15) is 0 Å². The Balaban J connectivity index is 3.60. The largest absolute Gasteiger partial charge is 0.330 e. The maximum absolute atomic E-state index is 11.5. The zero-order valence-corrected chi connectivity index (χ0v) is 9.18. The van der Waals surface area contributed by atoms with E-state index in [0.717, 1.165) is 19.3 Å². The van der Waals surface area contributed by atoms with Gasteiger partial charge in [0, 0.05) is 18.9 Å². The SMILES string of the molecule is CCC(CN)C(=O)CCCC(C)C. The molecule has 0 aliphatic heterocycles. The molecule has 2 N–H and O–H groups in total. The minimum absolute atomic E-state index is 0.104. The molecule has 0 bridgehead atoms. The zero-order chi connectivity index (χ0) is 10.3. The maximum Gasteiger partial charge on any atom is 0.137 e. The third-order valence-corrected chi connectivity index (χ3v) is 2.44. The van der Waals surface area contributed by atoms with Gasteiger partial charge in [0.2, 0.25) is 0 Å². The molecule has 1 atom stereocenters. The molecule has 0 fully saturated rings. The van der Waals surface area contributed by atoms with Crippen molar-refractivity contribution in [1.82, 2.24) is 0 Å². The first kappa shape index (κ1) is 12.6. The second kappa shape index (κ2) is 7.07. The van der Waals surface area contributed by atoms with Crippen molar-refractivity contribution in [2.24, 2.45) is 17.6 Å². The van der Waals surface area contributed by atoms with Crippen LogP contribution in [0.5, 0.6) is 0 Å². The lowest BCUT2D eigenvalue weighted by Crippen LogP contribution is -2.22. The van der Waals surface area contributed by atoms with Crippen LogP contribution < -0.4 is 5.73 Å². The van der Waals surface area contributed by atoms with Crippen LogP contribution in [-0.4, -0.2) is 12.3 Å². The molecule has 0 aromatic carbocycles. The third-order valence-electron chi connectivity index (χ3n) is 2.44. The van der Waals surface area contributed by atoms with Crippen molar-refractivity contribution >= 4 is 5.78 Å². The van der Waals surface area contributed by atoms with E-state index >= 15 is 0 Å². The highest BCUT2D eigenvalue weighted by atomic mass is 16.1. The molecular formula is C11H23NO. The van der Waals surface area contributed by atoms with E-state index in [2.05, 4.69) is 13.8 Å². The predicted molar refractivity (Wildman–Crippen MR) is 56.5 cm³/mol. The van der Waals surface area contributed by atoms with Crippen LogP contribution in [0.15, 0.2) is 0 Å². The topological polar surface area (TPSA) is 43.1 Å². The molecule has 0 amide bonds. The van der Waals surface area contributed by atoms with Crippen molar-refractivity contribution in [3.8, 4) is 0 Å². The molecule has 78 valence electrons. The highest BCUT2D eigenvalue weighted by Gasteiger charge is 2.13. The van der Waals surface area contributed by atoms with Gasteiger partial charge in [-0.1, -0.05) is 27.2 Å². The van der Waals surface area contributed by atoms with Gasteiger partial charge in [0.15, 0.2) is 0 Å². The monoisotopic (exact) mass is 185 g/mol. The summed E-state index contributed by atoms with van der Waals surface area (Å²) in [6.45, 7) is 6.91. The first-order valence-electron chi connectivity index (χ1n) is 5.34. The Morgan fingerprint density at radius 3 is 2.38 bits per heavy atom. The van der Waals surface area contributed by atoms with E-state index < -0.39 is 0 Å². The van der Waals surface area contributed by atoms with E-state index in [0.29, 0.717) is 24.7 Å². The quantitative estimate of drug-likeness (QED) is 0.661. The minimum atomic E-state index is 0.104. The lowest BCUT2D eigenvalue weighted by atomic mass is 9.95. The summed E-state index contributed by atoms with van der Waals surface area (Å²) < 4.78 is 0. The molecule has 13 heavy (non-hydrogen) atoms. The number of Topliss-reactive ketones (excluding diaryl/α,β-unsaturated/α-hetero) is 1. The van der Waals surface area contributed by atoms with Crippen LogP contribution in [0.1, 0.15) is 46.5 Å². The number of carbonyl (C=O) groups excluding carboxylic acids is 1. The first-order valence-corrected chi connectivity index (χ1v) is 5.34. The average Bonchev–Trinajstić information content (AvgIpc) is 2.05. The molecule has 0 spiro atoms. The summed E-state index contributed by atoms with van der Waals surface area (Å²) in [6, 6.07) is 0. The molecular weight excluding hydrogens is 162 g/mol. The second-order valence-electron chi connectivity index (χ2n) is 4.09. The highest BCUT2D eigenvalue weighted by molar-refractivity contribution is 5.81. The van der Waals surface area contributed by atoms with Gasteiger partial charge in [0.25, 0.3) is 0 Å². The predicted octanol–water partition coefficient (Wildman–Crippen LogP) is 2.37. The van der Waals surface area contributed by atoms with Crippen molar-refractivity contribution in [2.45, 2.75) is 46.5 Å². The molecule has 0 rings (SSSR count). The van der Waals surface area contributed by atoms with E-state index in [1.807, 2.05) is 6.92 Å². The fourth-order valence-electron chi connectivity index (χ4n) is 1.41. The van der Waals surface area contributed by atoms with Gasteiger partial charge in [0.05, 0.1) is 0 Å². The minimum Gasteiger partial charge on any atom is -0.330 e. The molecule has 0 radical (unpaired) electrons. The smallest absolute Gasteiger partial charge is 0.137 e. The number of hydrogen-bond donors (Lipinski definition) is 1. The van der Waals surface area contributed by atoms with Crippen LogP contribution in [0.2, 0.25) is 0 Å². The van der Waals surface area contributed by atoms with Gasteiger partial charge < -0.3 is 5.73 Å². The van der Waals surface area contributed by atoms with Crippen molar-refractivity contribution in [3.05, 3.63) is 0 Å². The normalized spacial score (nSPS) is 13.3. The van der Waals surface area contributed by atoms with Crippen LogP contribution in [0.4, 0.5) is 0 Å². The fraction of sp³-hybridized carbons (Fsp3) is 0.909. The Morgan fingerprint density at radius 1 is 1.38 bits per heavy atom. The van der Waals surface area contributed by atoms with Gasteiger partial charge in [-0.05, 0) is 18.8 Å². The van der Waals surface area contributed by atoms with Crippen LogP contribution in [0, 0.1) is 11.8 Å². The van der Waals surface area contributed by atoms with Gasteiger partial charge in [-0.15, -0.1) is 0 Å². The number of hydrogen-bond acceptors (Lipinski definition) is 2. The number of rotatable bonds is 7. The molecule has 0 aromatic rings. The summed E-state index contributed by atoms with van der Waals surface area (Å²) in [6.07, 6.45) is 3.77. The van der Waals surface area contributed by atoms with Crippen LogP contribution in [0.3, 0.4) is 0 Å². The van der Waals surface area contributed by atoms with E-state index in [1.54, 1.807) is 0 Å². The van der Waals surface area contributed by atoms with Crippen molar-refractivity contribution in [1.29, 1.82) is 0 Å². The molecule has 2 heteroatoms. The zero-order valence-electron chi connectivity index (χ0n) is 9.18. The molecule has 0 aliphatic carbocycles. The first-order chi connectivity index (χ1) is 6.11. The summed E-state index contributed by atoms with van der Waals surface area (Å²) in [5.74, 6) is 1.16. The fourth-order valence-corrected chi connectivity index (χ4v) is 1.41. The number of nitrogens with two attached hydrogens (primary N) is 1. The Hall–Kier alpha value is -0.370. The van der Waals surface area contributed by atoms with Gasteiger partial charge in [-0.3, -0.25) is 4.79 Å². The van der Waals surface area contributed by atoms with Gasteiger partial charge >= 0.3 is 0 Å². The molecule has 0 heterocycles. The molecule has 0 aromatic heterocycles. The summed E-state index contributed by atoms with van der Waals surface area (Å²) in [5, 5.41) is 0. The van der Waals surface area contributed by atoms with Crippen LogP contribution in [0.25, 0.3) is 0 Å². The Morgan fingerprint density at radius 2 is 2.00 bits per heavy atom. The van der Waals surface area contributed by atoms with Crippen molar-refractivity contribution in [2.75, 3.05) is 6.54 Å². The Labute approximate surface area is 81.9 Å². The molecule has 0 saturated carbocycles. The summed E-state index contributed by atoms with van der Waals surface area (Å²) in [5.41, 5.74) is 5.49. The summed E-state index contributed by atoms with van der Waals surface area (Å²) >= 11 is 0. The van der Waals surface area contributed by atoms with Crippen LogP contribution in [-0.2, 0) is 4.79 Å². The van der Waals surface area contributed by atoms with Crippen LogP contribution >= 0.6 is 0 Å². The van der Waals surface area contributed by atoms with E-state index in [4.69, 9.17) is 5.73 Å². The second-order valence-corrected chi connectivity index (χ2v) is 4.09. The van der Waals surface area contributed by atoms with Crippen molar-refractivity contribution in [3.63, 3.8) is 0 Å². The van der Waals surface area contributed by atoms with E-state index in [-0.39, 0.29) is 5.92 Å². The lowest BCUT2D eigenvalue weighted by Gasteiger charge is -2.10. The Bertz CT molecular complexity index is 139. The van der Waals surface area contributed by atoms with Gasteiger partial charge in [0.1, 0.15) is 5.78 Å². The standard InChI is InChI=1S/C11H23NO/c1-4-10(8-12)11(13)7-5-6-9(2)3/h9-10H,4-8,12H2,1-3H3. The maximum atomic E-state index is 11.5.